The minimum atomic E-state index is -0.460. The van der Waals surface area contributed by atoms with E-state index in [4.69, 9.17) is 14.5 Å². The number of carbonyl (C=O) groups is 2. The summed E-state index contributed by atoms with van der Waals surface area (Å²) in [6.45, 7) is 4.03. The number of rotatable bonds is 7. The van der Waals surface area contributed by atoms with Crippen molar-refractivity contribution in [3.8, 4) is 0 Å². The maximum atomic E-state index is 12.7. The molecule has 1 saturated carbocycles. The van der Waals surface area contributed by atoms with Gasteiger partial charge >= 0.3 is 11.9 Å². The van der Waals surface area contributed by atoms with Crippen LogP contribution in [0.4, 0.5) is 0 Å². The predicted octanol–water partition coefficient (Wildman–Crippen LogP) is 3.90. The third-order valence-corrected chi connectivity index (χ3v) is 4.85. The first kappa shape index (κ1) is 19.1. The highest BCUT2D eigenvalue weighted by Gasteiger charge is 2.28. The van der Waals surface area contributed by atoms with Crippen LogP contribution in [0.2, 0.25) is 0 Å². The van der Waals surface area contributed by atoms with Crippen LogP contribution in [0.3, 0.4) is 0 Å². The van der Waals surface area contributed by atoms with E-state index in [1.54, 1.807) is 30.5 Å². The highest BCUT2D eigenvalue weighted by molar-refractivity contribution is 6.02. The summed E-state index contributed by atoms with van der Waals surface area (Å²) in [6.07, 6.45) is 3.82. The van der Waals surface area contributed by atoms with Gasteiger partial charge in [0.05, 0.1) is 22.7 Å². The highest BCUT2D eigenvalue weighted by atomic mass is 16.6. The van der Waals surface area contributed by atoms with Gasteiger partial charge in [0.2, 0.25) is 0 Å². The molecule has 0 spiro atoms. The minimum absolute atomic E-state index is 0.00552. The van der Waals surface area contributed by atoms with Crippen LogP contribution in [0.1, 0.15) is 65.1 Å². The van der Waals surface area contributed by atoms with Crippen LogP contribution in [-0.2, 0) is 9.47 Å². The average Bonchev–Trinajstić information content (AvgIpc) is 3.49. The van der Waals surface area contributed by atoms with Gasteiger partial charge < -0.3 is 9.47 Å². The molecule has 1 aliphatic carbocycles. The van der Waals surface area contributed by atoms with Crippen LogP contribution < -0.4 is 0 Å². The van der Waals surface area contributed by atoms with E-state index < -0.39 is 11.9 Å². The Morgan fingerprint density at radius 1 is 1.10 bits per heavy atom. The molecule has 1 aromatic carbocycles. The van der Waals surface area contributed by atoms with Crippen molar-refractivity contribution in [1.29, 1.82) is 0 Å². The number of hydrogen-bond donors (Lipinski definition) is 0. The van der Waals surface area contributed by atoms with Crippen molar-refractivity contribution in [3.05, 3.63) is 59.4 Å². The molecule has 1 fully saturated rings. The molecule has 0 bridgehead atoms. The molecule has 29 heavy (non-hydrogen) atoms. The molecule has 7 heteroatoms. The Morgan fingerprint density at radius 2 is 1.79 bits per heavy atom. The monoisotopic (exact) mass is 393 g/mol. The Labute approximate surface area is 168 Å². The molecule has 0 unspecified atom stereocenters. The molecule has 2 aromatic heterocycles. The summed E-state index contributed by atoms with van der Waals surface area (Å²) in [4.78, 5) is 29.4. The quantitative estimate of drug-likeness (QED) is 0.447. The van der Waals surface area contributed by atoms with Gasteiger partial charge in [-0.25, -0.2) is 19.3 Å². The fourth-order valence-corrected chi connectivity index (χ4v) is 3.18. The molecule has 0 aliphatic heterocycles. The zero-order valence-corrected chi connectivity index (χ0v) is 16.5. The van der Waals surface area contributed by atoms with Crippen molar-refractivity contribution in [2.24, 2.45) is 0 Å². The Bertz CT molecular complexity index is 1040. The maximum absolute atomic E-state index is 12.7. The summed E-state index contributed by atoms with van der Waals surface area (Å²) in [6, 6.07) is 10.6. The first-order valence-electron chi connectivity index (χ1n) is 9.82. The van der Waals surface area contributed by atoms with E-state index in [1.165, 1.54) is 0 Å². The summed E-state index contributed by atoms with van der Waals surface area (Å²) < 4.78 is 12.3. The minimum Gasteiger partial charge on any atom is -0.458 e. The molecule has 0 saturated heterocycles. The average molecular weight is 393 g/mol. The second-order valence-corrected chi connectivity index (χ2v) is 7.43. The van der Waals surface area contributed by atoms with Crippen LogP contribution in [0.15, 0.2) is 42.6 Å². The first-order chi connectivity index (χ1) is 14.0. The Kier molecular flexibility index (Phi) is 5.29. The summed E-state index contributed by atoms with van der Waals surface area (Å²) >= 11 is 0. The van der Waals surface area contributed by atoms with E-state index in [1.807, 2.05) is 30.7 Å². The van der Waals surface area contributed by atoms with Crippen LogP contribution in [0.25, 0.3) is 11.0 Å². The number of carbonyl (C=O) groups excluding carboxylic acids is 2. The molecule has 150 valence electrons. The van der Waals surface area contributed by atoms with Gasteiger partial charge in [-0.3, -0.25) is 0 Å². The molecule has 2 heterocycles. The SMILES string of the molecule is CC(C)n1ncc2c(C(=O)OCCOC(=O)c3ccccc3)cc(C3CC3)nc21. The van der Waals surface area contributed by atoms with E-state index in [2.05, 4.69) is 5.10 Å². The fourth-order valence-electron chi connectivity index (χ4n) is 3.18. The number of hydrogen-bond acceptors (Lipinski definition) is 6. The van der Waals surface area contributed by atoms with Gasteiger partial charge in [0.15, 0.2) is 5.65 Å². The number of esters is 2. The van der Waals surface area contributed by atoms with Crippen LogP contribution in [-0.4, -0.2) is 39.9 Å². The lowest BCUT2D eigenvalue weighted by Crippen LogP contribution is -2.15. The van der Waals surface area contributed by atoms with Crippen LogP contribution in [0.5, 0.6) is 0 Å². The van der Waals surface area contributed by atoms with Gasteiger partial charge in [-0.15, -0.1) is 0 Å². The molecule has 1 aliphatic rings. The standard InChI is InChI=1S/C22H23N3O4/c1-14(2)25-20-18(13-23-25)17(12-19(24-20)15-8-9-15)22(27)29-11-10-28-21(26)16-6-4-3-5-7-16/h3-7,12-15H,8-11H2,1-2H3. The molecular formula is C22H23N3O4. The van der Waals surface area contributed by atoms with Crippen LogP contribution in [0, 0.1) is 0 Å². The zero-order chi connectivity index (χ0) is 20.4. The highest BCUT2D eigenvalue weighted by Crippen LogP contribution is 2.40. The number of ether oxygens (including phenoxy) is 2. The zero-order valence-electron chi connectivity index (χ0n) is 16.5. The third kappa shape index (κ3) is 4.13. The first-order valence-corrected chi connectivity index (χ1v) is 9.82. The lowest BCUT2D eigenvalue weighted by atomic mass is 10.1. The lowest BCUT2D eigenvalue weighted by Gasteiger charge is -2.10. The smallest absolute Gasteiger partial charge is 0.339 e. The van der Waals surface area contributed by atoms with Gasteiger partial charge in [0, 0.05) is 17.7 Å². The second-order valence-electron chi connectivity index (χ2n) is 7.43. The summed E-state index contributed by atoms with van der Waals surface area (Å²) in [5, 5.41) is 5.06. The van der Waals surface area contributed by atoms with E-state index in [0.717, 1.165) is 18.5 Å². The Hall–Kier alpha value is -3.22. The molecule has 7 nitrogen and oxygen atoms in total. The topological polar surface area (TPSA) is 83.3 Å². The predicted molar refractivity (Wildman–Crippen MR) is 107 cm³/mol. The lowest BCUT2D eigenvalue weighted by molar-refractivity contribution is 0.0267. The van der Waals surface area contributed by atoms with Crippen molar-refractivity contribution in [3.63, 3.8) is 0 Å². The van der Waals surface area contributed by atoms with Crippen molar-refractivity contribution in [1.82, 2.24) is 14.8 Å². The Morgan fingerprint density at radius 3 is 2.45 bits per heavy atom. The van der Waals surface area contributed by atoms with E-state index >= 15 is 0 Å². The molecule has 0 radical (unpaired) electrons. The van der Waals surface area contributed by atoms with Crippen molar-refractivity contribution in [2.45, 2.75) is 38.6 Å². The summed E-state index contributed by atoms with van der Waals surface area (Å²) in [7, 11) is 0. The largest absolute Gasteiger partial charge is 0.458 e. The molecule has 0 amide bonds. The van der Waals surface area contributed by atoms with Gasteiger partial charge in [0.25, 0.3) is 0 Å². The van der Waals surface area contributed by atoms with Gasteiger partial charge in [-0.1, -0.05) is 18.2 Å². The van der Waals surface area contributed by atoms with Crippen molar-refractivity contribution >= 4 is 23.0 Å². The van der Waals surface area contributed by atoms with E-state index in [0.29, 0.717) is 28.1 Å². The number of pyridine rings is 1. The van der Waals surface area contributed by atoms with E-state index in [9.17, 15) is 9.59 Å². The number of fused-ring (bicyclic) bond motifs is 1. The van der Waals surface area contributed by atoms with Crippen molar-refractivity contribution < 1.29 is 19.1 Å². The maximum Gasteiger partial charge on any atom is 0.339 e. The van der Waals surface area contributed by atoms with Gasteiger partial charge in [0.1, 0.15) is 13.2 Å². The summed E-state index contributed by atoms with van der Waals surface area (Å²) in [5.41, 5.74) is 2.53. The number of aromatic nitrogens is 3. The number of nitrogens with zero attached hydrogens (tertiary/aromatic N) is 3. The number of benzene rings is 1. The van der Waals surface area contributed by atoms with Gasteiger partial charge in [-0.05, 0) is 44.9 Å². The van der Waals surface area contributed by atoms with E-state index in [-0.39, 0.29) is 19.3 Å². The van der Waals surface area contributed by atoms with Crippen molar-refractivity contribution in [2.75, 3.05) is 13.2 Å². The Balaban J connectivity index is 1.45. The van der Waals surface area contributed by atoms with Gasteiger partial charge in [-0.2, -0.15) is 5.10 Å². The third-order valence-electron chi connectivity index (χ3n) is 4.85. The molecule has 3 aromatic rings. The van der Waals surface area contributed by atoms with Crippen LogP contribution >= 0.6 is 0 Å². The molecule has 0 N–H and O–H groups in total. The summed E-state index contributed by atoms with van der Waals surface area (Å²) in [5.74, 6) is -0.506. The molecule has 0 atom stereocenters. The molecular weight excluding hydrogens is 370 g/mol. The second kappa shape index (κ2) is 8.03. The fraction of sp³-hybridized carbons (Fsp3) is 0.364. The normalized spacial score (nSPS) is 13.6. The molecule has 4 rings (SSSR count).